The van der Waals surface area contributed by atoms with Gasteiger partial charge in [-0.3, -0.25) is 4.79 Å². The molecule has 0 bridgehead atoms. The average Bonchev–Trinajstić information content (AvgIpc) is 2.08. The van der Waals surface area contributed by atoms with Gasteiger partial charge in [0.15, 0.2) is 0 Å². The zero-order chi connectivity index (χ0) is 8.81. The van der Waals surface area contributed by atoms with E-state index in [2.05, 4.69) is 17.5 Å². The molecule has 1 heterocycles. The fourth-order valence-corrected chi connectivity index (χ4v) is 1.30. The van der Waals surface area contributed by atoms with Crippen molar-refractivity contribution in [1.29, 1.82) is 0 Å². The Morgan fingerprint density at radius 1 is 1.42 bits per heavy atom. The van der Waals surface area contributed by atoms with Crippen LogP contribution in [0.3, 0.4) is 0 Å². The molecule has 1 rings (SSSR count). The van der Waals surface area contributed by atoms with E-state index in [1.165, 1.54) is 6.42 Å². The Morgan fingerprint density at radius 3 is 3.08 bits per heavy atom. The standard InChI is InChI=1S/C10H17NO/c1-9-7-5-3-2-4-6-8-11-10(9)12/h3,5,9H,2,4,6-8H2,1H3,(H,11,12)/b5-3-/t9-/m1/s1. The van der Waals surface area contributed by atoms with E-state index < -0.39 is 0 Å². The van der Waals surface area contributed by atoms with E-state index in [1.54, 1.807) is 0 Å². The predicted molar refractivity (Wildman–Crippen MR) is 49.8 cm³/mol. The van der Waals surface area contributed by atoms with Crippen LogP contribution in [0.1, 0.15) is 32.6 Å². The minimum absolute atomic E-state index is 0.138. The van der Waals surface area contributed by atoms with Gasteiger partial charge < -0.3 is 5.32 Å². The summed E-state index contributed by atoms with van der Waals surface area (Å²) in [6.45, 7) is 2.82. The highest BCUT2D eigenvalue weighted by atomic mass is 16.1. The van der Waals surface area contributed by atoms with E-state index in [0.717, 1.165) is 25.8 Å². The number of carbonyl (C=O) groups is 1. The molecule has 68 valence electrons. The maximum atomic E-state index is 11.3. The summed E-state index contributed by atoms with van der Waals surface area (Å²) in [5.41, 5.74) is 0. The summed E-state index contributed by atoms with van der Waals surface area (Å²) < 4.78 is 0. The molecule has 0 aliphatic carbocycles. The molecular formula is C10H17NO. The Bertz CT molecular complexity index is 175. The van der Waals surface area contributed by atoms with Gasteiger partial charge in [0.25, 0.3) is 0 Å². The van der Waals surface area contributed by atoms with Crippen molar-refractivity contribution in [3.8, 4) is 0 Å². The Kier molecular flexibility index (Phi) is 3.85. The lowest BCUT2D eigenvalue weighted by molar-refractivity contribution is -0.124. The van der Waals surface area contributed by atoms with Crippen LogP contribution >= 0.6 is 0 Å². The average molecular weight is 167 g/mol. The van der Waals surface area contributed by atoms with Crippen LogP contribution in [0.15, 0.2) is 12.2 Å². The van der Waals surface area contributed by atoms with Gasteiger partial charge in [0.2, 0.25) is 5.91 Å². The van der Waals surface area contributed by atoms with Gasteiger partial charge in [-0.1, -0.05) is 19.1 Å². The van der Waals surface area contributed by atoms with Gasteiger partial charge in [-0.2, -0.15) is 0 Å². The lowest BCUT2D eigenvalue weighted by atomic mass is 10.1. The SMILES string of the molecule is C[C@@H]1C/C=C\CCCCNC1=O. The number of hydrogen-bond acceptors (Lipinski definition) is 1. The first-order chi connectivity index (χ1) is 5.80. The number of nitrogens with one attached hydrogen (secondary N) is 1. The van der Waals surface area contributed by atoms with Gasteiger partial charge in [0, 0.05) is 12.5 Å². The van der Waals surface area contributed by atoms with Crippen LogP contribution in [-0.4, -0.2) is 12.5 Å². The second kappa shape index (κ2) is 4.96. The summed E-state index contributed by atoms with van der Waals surface area (Å²) in [4.78, 5) is 11.3. The largest absolute Gasteiger partial charge is 0.356 e. The summed E-state index contributed by atoms with van der Waals surface area (Å²) in [5.74, 6) is 0.334. The molecule has 1 N–H and O–H groups in total. The van der Waals surface area contributed by atoms with Crippen LogP contribution in [0, 0.1) is 5.92 Å². The number of hydrogen-bond donors (Lipinski definition) is 1. The summed E-state index contributed by atoms with van der Waals surface area (Å²) in [5, 5.41) is 2.93. The number of allylic oxidation sites excluding steroid dienone is 2. The molecule has 0 saturated heterocycles. The minimum Gasteiger partial charge on any atom is -0.356 e. The van der Waals surface area contributed by atoms with Crippen molar-refractivity contribution in [3.05, 3.63) is 12.2 Å². The third-order valence-corrected chi connectivity index (χ3v) is 2.20. The van der Waals surface area contributed by atoms with Gasteiger partial charge in [-0.15, -0.1) is 0 Å². The van der Waals surface area contributed by atoms with E-state index in [-0.39, 0.29) is 11.8 Å². The molecular weight excluding hydrogens is 150 g/mol. The lowest BCUT2D eigenvalue weighted by Gasteiger charge is -2.11. The molecule has 0 aromatic heterocycles. The Hall–Kier alpha value is -0.790. The zero-order valence-electron chi connectivity index (χ0n) is 7.68. The first-order valence-electron chi connectivity index (χ1n) is 4.73. The third kappa shape index (κ3) is 3.07. The number of amides is 1. The van der Waals surface area contributed by atoms with Crippen molar-refractivity contribution in [1.82, 2.24) is 5.32 Å². The van der Waals surface area contributed by atoms with Crippen LogP contribution in [0.4, 0.5) is 0 Å². The van der Waals surface area contributed by atoms with Gasteiger partial charge in [-0.05, 0) is 25.7 Å². The molecule has 0 saturated carbocycles. The quantitative estimate of drug-likeness (QED) is 0.548. The third-order valence-electron chi connectivity index (χ3n) is 2.20. The molecule has 1 aliphatic heterocycles. The Morgan fingerprint density at radius 2 is 2.25 bits per heavy atom. The lowest BCUT2D eigenvalue weighted by Crippen LogP contribution is -2.29. The second-order valence-corrected chi connectivity index (χ2v) is 3.39. The van der Waals surface area contributed by atoms with Crippen LogP contribution in [-0.2, 0) is 4.79 Å². The fraction of sp³-hybridized carbons (Fsp3) is 0.700. The maximum absolute atomic E-state index is 11.3. The molecule has 0 aromatic carbocycles. The van der Waals surface area contributed by atoms with Crippen LogP contribution in [0.5, 0.6) is 0 Å². The molecule has 1 aliphatic rings. The summed E-state index contributed by atoms with van der Waals surface area (Å²) in [6.07, 6.45) is 8.63. The van der Waals surface area contributed by atoms with Crippen LogP contribution in [0.25, 0.3) is 0 Å². The molecule has 0 radical (unpaired) electrons. The zero-order valence-corrected chi connectivity index (χ0v) is 7.68. The second-order valence-electron chi connectivity index (χ2n) is 3.39. The minimum atomic E-state index is 0.138. The van der Waals surface area contributed by atoms with Crippen LogP contribution in [0.2, 0.25) is 0 Å². The van der Waals surface area contributed by atoms with Crippen molar-refractivity contribution in [3.63, 3.8) is 0 Å². The molecule has 0 unspecified atom stereocenters. The Labute approximate surface area is 74.0 Å². The van der Waals surface area contributed by atoms with Crippen LogP contribution < -0.4 is 5.32 Å². The molecule has 1 atom stereocenters. The van der Waals surface area contributed by atoms with E-state index in [1.807, 2.05) is 6.92 Å². The Balaban J connectivity index is 2.43. The normalized spacial score (nSPS) is 29.1. The number of carbonyl (C=O) groups excluding carboxylic acids is 1. The van der Waals surface area contributed by atoms with Gasteiger partial charge in [0.05, 0.1) is 0 Å². The molecule has 2 heteroatoms. The first-order valence-corrected chi connectivity index (χ1v) is 4.73. The molecule has 0 aromatic rings. The van der Waals surface area contributed by atoms with Crippen molar-refractivity contribution in [2.24, 2.45) is 5.92 Å². The van der Waals surface area contributed by atoms with E-state index >= 15 is 0 Å². The van der Waals surface area contributed by atoms with Crippen molar-refractivity contribution in [2.45, 2.75) is 32.6 Å². The summed E-state index contributed by atoms with van der Waals surface area (Å²) in [6, 6.07) is 0. The monoisotopic (exact) mass is 167 g/mol. The predicted octanol–water partition coefficient (Wildman–Crippen LogP) is 1.87. The van der Waals surface area contributed by atoms with Crippen molar-refractivity contribution < 1.29 is 4.79 Å². The topological polar surface area (TPSA) is 29.1 Å². The van der Waals surface area contributed by atoms with Gasteiger partial charge in [-0.25, -0.2) is 0 Å². The first kappa shape index (κ1) is 9.30. The van der Waals surface area contributed by atoms with E-state index in [0.29, 0.717) is 0 Å². The van der Waals surface area contributed by atoms with Crippen molar-refractivity contribution in [2.75, 3.05) is 6.54 Å². The molecule has 1 amide bonds. The highest BCUT2D eigenvalue weighted by Gasteiger charge is 2.10. The van der Waals surface area contributed by atoms with E-state index in [4.69, 9.17) is 0 Å². The van der Waals surface area contributed by atoms with Crippen molar-refractivity contribution >= 4 is 5.91 Å². The smallest absolute Gasteiger partial charge is 0.223 e. The molecule has 0 spiro atoms. The molecule has 2 nitrogen and oxygen atoms in total. The highest BCUT2D eigenvalue weighted by molar-refractivity contribution is 5.78. The fourth-order valence-electron chi connectivity index (χ4n) is 1.30. The van der Waals surface area contributed by atoms with Gasteiger partial charge in [0.1, 0.15) is 0 Å². The van der Waals surface area contributed by atoms with E-state index in [9.17, 15) is 4.79 Å². The highest BCUT2D eigenvalue weighted by Crippen LogP contribution is 2.06. The molecule has 0 fully saturated rings. The summed E-state index contributed by atoms with van der Waals surface area (Å²) in [7, 11) is 0. The molecule has 12 heavy (non-hydrogen) atoms. The number of rotatable bonds is 0. The summed E-state index contributed by atoms with van der Waals surface area (Å²) >= 11 is 0. The maximum Gasteiger partial charge on any atom is 0.223 e. The van der Waals surface area contributed by atoms with Gasteiger partial charge >= 0.3 is 0 Å².